The molecule has 1 aliphatic heterocycles. The molecule has 1 amide bonds. The molecule has 1 atom stereocenters. The van der Waals surface area contributed by atoms with E-state index in [1.807, 2.05) is 37.2 Å². The Morgan fingerprint density at radius 1 is 1.32 bits per heavy atom. The van der Waals surface area contributed by atoms with E-state index in [0.717, 1.165) is 37.3 Å². The van der Waals surface area contributed by atoms with Gasteiger partial charge in [-0.2, -0.15) is 0 Å². The number of nitrogens with one attached hydrogen (secondary N) is 1. The van der Waals surface area contributed by atoms with Crippen LogP contribution >= 0.6 is 0 Å². The monoisotopic (exact) mass is 261 g/mol. The first-order chi connectivity index (χ1) is 9.15. The van der Waals surface area contributed by atoms with Crippen molar-refractivity contribution in [2.75, 3.05) is 38.6 Å². The summed E-state index contributed by atoms with van der Waals surface area (Å²) in [5.74, 6) is 0.221. The number of rotatable bonds is 4. The fourth-order valence-corrected chi connectivity index (χ4v) is 2.62. The highest BCUT2D eigenvalue weighted by Gasteiger charge is 2.33. The Balaban J connectivity index is 2.19. The van der Waals surface area contributed by atoms with E-state index in [1.54, 1.807) is 0 Å². The van der Waals surface area contributed by atoms with E-state index in [0.29, 0.717) is 0 Å². The Kier molecular flexibility index (Phi) is 4.56. The molecular weight excluding hydrogens is 238 g/mol. The minimum absolute atomic E-state index is 0.0131. The molecule has 0 aliphatic carbocycles. The third-order valence-electron chi connectivity index (χ3n) is 3.83. The molecule has 1 saturated heterocycles. The number of carbonyl (C=O) groups excluding carboxylic acids is 1. The van der Waals surface area contributed by atoms with E-state index in [2.05, 4.69) is 23.2 Å². The van der Waals surface area contributed by atoms with Crippen molar-refractivity contribution in [2.24, 2.45) is 0 Å². The third-order valence-corrected chi connectivity index (χ3v) is 3.83. The molecule has 2 rings (SSSR count). The summed E-state index contributed by atoms with van der Waals surface area (Å²) in [6.45, 7) is 4.62. The number of nitrogens with zero attached hydrogens (tertiary/aromatic N) is 2. The number of hydrogen-bond acceptors (Lipinski definition) is 3. The second-order valence-electron chi connectivity index (χ2n) is 5.16. The van der Waals surface area contributed by atoms with Crippen molar-refractivity contribution in [1.82, 2.24) is 10.2 Å². The second kappa shape index (κ2) is 6.17. The van der Waals surface area contributed by atoms with Crippen molar-refractivity contribution < 1.29 is 4.79 Å². The van der Waals surface area contributed by atoms with Crippen molar-refractivity contribution >= 4 is 11.6 Å². The maximum absolute atomic E-state index is 12.7. The van der Waals surface area contributed by atoms with E-state index < -0.39 is 0 Å². The van der Waals surface area contributed by atoms with Crippen molar-refractivity contribution in [3.05, 3.63) is 29.8 Å². The Hall–Kier alpha value is -1.39. The normalized spacial score (nSPS) is 20.9. The maximum Gasteiger partial charge on any atom is 0.244 e. The average Bonchev–Trinajstić information content (AvgIpc) is 2.40. The number of aryl methyl sites for hydroxylation is 1. The number of benzene rings is 1. The molecule has 0 bridgehead atoms. The Morgan fingerprint density at radius 3 is 2.74 bits per heavy atom. The highest BCUT2D eigenvalue weighted by molar-refractivity contribution is 5.98. The first-order valence-corrected chi connectivity index (χ1v) is 6.87. The lowest BCUT2D eigenvalue weighted by Crippen LogP contribution is -2.56. The Bertz CT molecular complexity index is 447. The van der Waals surface area contributed by atoms with E-state index in [1.165, 1.54) is 0 Å². The fraction of sp³-hybridized carbons (Fsp3) is 0.533. The number of para-hydroxylation sites is 1. The van der Waals surface area contributed by atoms with Crippen LogP contribution in [0.2, 0.25) is 0 Å². The molecule has 0 aromatic heterocycles. The summed E-state index contributed by atoms with van der Waals surface area (Å²) in [6, 6.07) is 8.09. The van der Waals surface area contributed by atoms with Crippen molar-refractivity contribution in [2.45, 2.75) is 19.4 Å². The van der Waals surface area contributed by atoms with E-state index in [4.69, 9.17) is 0 Å². The van der Waals surface area contributed by atoms with Gasteiger partial charge >= 0.3 is 0 Å². The standard InChI is InChI=1S/C15H23N3O/c1-12-6-4-5-7-13(12)18-11-10-17(3)14(15(18)19)8-9-16-2/h4-7,14,16H,8-11H2,1-3H3. The summed E-state index contributed by atoms with van der Waals surface area (Å²) < 4.78 is 0. The molecule has 4 nitrogen and oxygen atoms in total. The second-order valence-corrected chi connectivity index (χ2v) is 5.16. The molecule has 4 heteroatoms. The van der Waals surface area contributed by atoms with E-state index >= 15 is 0 Å². The van der Waals surface area contributed by atoms with Crippen LogP contribution in [0.5, 0.6) is 0 Å². The number of anilines is 1. The van der Waals surface area contributed by atoms with Crippen LogP contribution in [0.25, 0.3) is 0 Å². The minimum Gasteiger partial charge on any atom is -0.320 e. The Morgan fingerprint density at radius 2 is 2.05 bits per heavy atom. The lowest BCUT2D eigenvalue weighted by atomic mass is 10.1. The van der Waals surface area contributed by atoms with Crippen LogP contribution < -0.4 is 10.2 Å². The smallest absolute Gasteiger partial charge is 0.244 e. The van der Waals surface area contributed by atoms with Crippen molar-refractivity contribution in [3.8, 4) is 0 Å². The molecule has 1 aromatic rings. The zero-order valence-corrected chi connectivity index (χ0v) is 12.0. The molecule has 1 aromatic carbocycles. The molecule has 1 unspecified atom stereocenters. The highest BCUT2D eigenvalue weighted by atomic mass is 16.2. The van der Waals surface area contributed by atoms with Gasteiger partial charge in [-0.15, -0.1) is 0 Å². The molecule has 0 spiro atoms. The van der Waals surface area contributed by atoms with Gasteiger partial charge in [0.2, 0.25) is 5.91 Å². The number of hydrogen-bond donors (Lipinski definition) is 1. The molecular formula is C15H23N3O. The van der Waals surface area contributed by atoms with Crippen LogP contribution in [0.3, 0.4) is 0 Å². The van der Waals surface area contributed by atoms with Crippen molar-refractivity contribution in [1.29, 1.82) is 0 Å². The van der Waals surface area contributed by atoms with Gasteiger partial charge in [0.15, 0.2) is 0 Å². The van der Waals surface area contributed by atoms with Crippen LogP contribution in [0.15, 0.2) is 24.3 Å². The largest absolute Gasteiger partial charge is 0.320 e. The summed E-state index contributed by atoms with van der Waals surface area (Å²) in [4.78, 5) is 16.8. The topological polar surface area (TPSA) is 35.6 Å². The van der Waals surface area contributed by atoms with Gasteiger partial charge in [0, 0.05) is 18.8 Å². The minimum atomic E-state index is -0.0131. The van der Waals surface area contributed by atoms with Gasteiger partial charge in [-0.25, -0.2) is 0 Å². The van der Waals surface area contributed by atoms with Gasteiger partial charge in [-0.1, -0.05) is 18.2 Å². The molecule has 104 valence electrons. The average molecular weight is 261 g/mol. The number of piperazine rings is 1. The van der Waals surface area contributed by atoms with Crippen molar-refractivity contribution in [3.63, 3.8) is 0 Å². The summed E-state index contributed by atoms with van der Waals surface area (Å²) in [5, 5.41) is 3.12. The van der Waals surface area contributed by atoms with Gasteiger partial charge in [0.05, 0.1) is 6.04 Å². The number of carbonyl (C=O) groups is 1. The molecule has 1 aliphatic rings. The lowest BCUT2D eigenvalue weighted by Gasteiger charge is -2.39. The van der Waals surface area contributed by atoms with Gasteiger partial charge in [0.1, 0.15) is 0 Å². The van der Waals surface area contributed by atoms with Crippen LogP contribution in [-0.4, -0.2) is 50.6 Å². The van der Waals surface area contributed by atoms with Gasteiger partial charge in [-0.05, 0) is 45.6 Å². The molecule has 1 N–H and O–H groups in total. The quantitative estimate of drug-likeness (QED) is 0.886. The van der Waals surface area contributed by atoms with E-state index in [-0.39, 0.29) is 11.9 Å². The predicted octanol–water partition coefficient (Wildman–Crippen LogP) is 1.25. The first-order valence-electron chi connectivity index (χ1n) is 6.87. The van der Waals surface area contributed by atoms with Gasteiger partial charge in [-0.3, -0.25) is 9.69 Å². The van der Waals surface area contributed by atoms with Crippen LogP contribution in [0.1, 0.15) is 12.0 Å². The van der Waals surface area contributed by atoms with Crippen LogP contribution in [0.4, 0.5) is 5.69 Å². The summed E-state index contributed by atoms with van der Waals surface area (Å²) in [6.07, 6.45) is 0.855. The zero-order valence-electron chi connectivity index (χ0n) is 12.0. The predicted molar refractivity (Wildman–Crippen MR) is 78.5 cm³/mol. The summed E-state index contributed by atoms with van der Waals surface area (Å²) >= 11 is 0. The Labute approximate surface area is 115 Å². The molecule has 1 fully saturated rings. The van der Waals surface area contributed by atoms with Crippen LogP contribution in [-0.2, 0) is 4.79 Å². The molecule has 1 heterocycles. The first kappa shape index (κ1) is 14.0. The number of likely N-dealkylation sites (N-methyl/N-ethyl adjacent to an activating group) is 1. The number of amides is 1. The maximum atomic E-state index is 12.7. The third kappa shape index (κ3) is 2.96. The molecule has 19 heavy (non-hydrogen) atoms. The van der Waals surface area contributed by atoms with Crippen LogP contribution in [0, 0.1) is 6.92 Å². The highest BCUT2D eigenvalue weighted by Crippen LogP contribution is 2.24. The molecule has 0 saturated carbocycles. The lowest BCUT2D eigenvalue weighted by molar-refractivity contribution is -0.125. The molecule has 0 radical (unpaired) electrons. The van der Waals surface area contributed by atoms with Gasteiger partial charge < -0.3 is 10.2 Å². The SMILES string of the molecule is CNCCC1C(=O)N(c2ccccc2C)CCN1C. The summed E-state index contributed by atoms with van der Waals surface area (Å²) in [5.41, 5.74) is 2.21. The fourth-order valence-electron chi connectivity index (χ4n) is 2.62. The summed E-state index contributed by atoms with van der Waals surface area (Å²) in [7, 11) is 3.96. The van der Waals surface area contributed by atoms with E-state index in [9.17, 15) is 4.79 Å². The van der Waals surface area contributed by atoms with Gasteiger partial charge in [0.25, 0.3) is 0 Å². The zero-order chi connectivity index (χ0) is 13.8.